The minimum absolute atomic E-state index is 0. The number of benzene rings is 1. The third-order valence-corrected chi connectivity index (χ3v) is 0.850. The van der Waals surface area contributed by atoms with Gasteiger partial charge in [0.15, 0.2) is 0 Å². The Kier molecular flexibility index (Phi) is 3.21. The fraction of sp³-hybridized carbons (Fsp3) is 0. The normalized spacial score (nSPS) is 8.00. The van der Waals surface area contributed by atoms with Crippen molar-refractivity contribution in [2.75, 3.05) is 0 Å². The van der Waals surface area contributed by atoms with Gasteiger partial charge in [-0.1, -0.05) is 0 Å². The molecule has 0 bridgehead atoms. The molecular formula is C6H6O2V. The summed E-state index contributed by atoms with van der Waals surface area (Å²) in [6.45, 7) is 0. The molecule has 0 spiro atoms. The molecule has 1 aromatic rings. The van der Waals surface area contributed by atoms with E-state index in [0.29, 0.717) is 0 Å². The molecule has 3 heteroatoms. The summed E-state index contributed by atoms with van der Waals surface area (Å²) in [5.74, 6) is 0.339. The SMILES string of the molecule is Oc1ccc(O)cc1.[V]. The van der Waals surface area contributed by atoms with Gasteiger partial charge in [-0.3, -0.25) is 0 Å². The van der Waals surface area contributed by atoms with E-state index in [2.05, 4.69) is 0 Å². The number of aromatic hydroxyl groups is 2. The largest absolute Gasteiger partial charge is 0.508 e. The van der Waals surface area contributed by atoms with Crippen molar-refractivity contribution in [1.82, 2.24) is 0 Å². The van der Waals surface area contributed by atoms with Crippen LogP contribution in [0, 0.1) is 0 Å². The van der Waals surface area contributed by atoms with E-state index >= 15 is 0 Å². The molecule has 0 fully saturated rings. The van der Waals surface area contributed by atoms with Crippen molar-refractivity contribution in [3.05, 3.63) is 24.3 Å². The fourth-order valence-corrected chi connectivity index (χ4v) is 0.453. The second-order valence-electron chi connectivity index (χ2n) is 1.52. The zero-order chi connectivity index (χ0) is 5.98. The Morgan fingerprint density at radius 3 is 1.22 bits per heavy atom. The third kappa shape index (κ3) is 2.45. The molecule has 0 saturated heterocycles. The summed E-state index contributed by atoms with van der Waals surface area (Å²) in [6, 6.07) is 5.70. The van der Waals surface area contributed by atoms with Gasteiger partial charge in [-0.2, -0.15) is 0 Å². The van der Waals surface area contributed by atoms with E-state index in [4.69, 9.17) is 10.2 Å². The van der Waals surface area contributed by atoms with E-state index in [1.54, 1.807) is 0 Å². The average Bonchev–Trinajstić information content (AvgIpc) is 1.77. The molecule has 0 aliphatic carbocycles. The van der Waals surface area contributed by atoms with Gasteiger partial charge in [-0.15, -0.1) is 0 Å². The van der Waals surface area contributed by atoms with E-state index in [1.165, 1.54) is 24.3 Å². The maximum atomic E-state index is 8.65. The summed E-state index contributed by atoms with van der Waals surface area (Å²) >= 11 is 0. The molecule has 0 aliphatic rings. The van der Waals surface area contributed by atoms with Crippen molar-refractivity contribution in [3.8, 4) is 11.5 Å². The summed E-state index contributed by atoms with van der Waals surface area (Å²) in [5.41, 5.74) is 0. The molecule has 1 radical (unpaired) electrons. The zero-order valence-corrected chi connectivity index (χ0v) is 6.05. The maximum Gasteiger partial charge on any atom is 0.115 e. The topological polar surface area (TPSA) is 40.5 Å². The number of hydrogen-bond donors (Lipinski definition) is 2. The molecule has 2 N–H and O–H groups in total. The molecule has 0 aromatic heterocycles. The van der Waals surface area contributed by atoms with Gasteiger partial charge in [0.2, 0.25) is 0 Å². The van der Waals surface area contributed by atoms with Crippen LogP contribution in [0.1, 0.15) is 0 Å². The Morgan fingerprint density at radius 1 is 0.778 bits per heavy atom. The molecular weight excluding hydrogens is 155 g/mol. The van der Waals surface area contributed by atoms with E-state index in [0.717, 1.165) is 0 Å². The first kappa shape index (κ1) is 8.40. The van der Waals surface area contributed by atoms with Crippen LogP contribution in [-0.2, 0) is 18.6 Å². The smallest absolute Gasteiger partial charge is 0.115 e. The van der Waals surface area contributed by atoms with Gasteiger partial charge in [0.05, 0.1) is 0 Å². The fourth-order valence-electron chi connectivity index (χ4n) is 0.453. The van der Waals surface area contributed by atoms with Crippen molar-refractivity contribution < 1.29 is 28.8 Å². The second kappa shape index (κ2) is 3.43. The summed E-state index contributed by atoms with van der Waals surface area (Å²) in [5, 5.41) is 17.3. The molecule has 1 rings (SSSR count). The monoisotopic (exact) mass is 161 g/mol. The number of phenolic OH excluding ortho intramolecular Hbond substituents is 2. The van der Waals surface area contributed by atoms with Crippen LogP contribution >= 0.6 is 0 Å². The van der Waals surface area contributed by atoms with Crippen LogP contribution in [0.4, 0.5) is 0 Å². The number of phenols is 2. The van der Waals surface area contributed by atoms with E-state index in [9.17, 15) is 0 Å². The van der Waals surface area contributed by atoms with Crippen molar-refractivity contribution in [2.24, 2.45) is 0 Å². The Morgan fingerprint density at radius 2 is 1.00 bits per heavy atom. The molecule has 47 valence electrons. The summed E-state index contributed by atoms with van der Waals surface area (Å²) in [6.07, 6.45) is 0. The van der Waals surface area contributed by atoms with Gasteiger partial charge < -0.3 is 10.2 Å². The van der Waals surface area contributed by atoms with Crippen molar-refractivity contribution in [3.63, 3.8) is 0 Å². The Balaban J connectivity index is 0.000000640. The van der Waals surface area contributed by atoms with Crippen molar-refractivity contribution in [2.45, 2.75) is 0 Å². The van der Waals surface area contributed by atoms with Gasteiger partial charge in [0, 0.05) is 18.6 Å². The Labute approximate surface area is 65.0 Å². The van der Waals surface area contributed by atoms with Crippen LogP contribution in [0.3, 0.4) is 0 Å². The van der Waals surface area contributed by atoms with Crippen LogP contribution in [0.15, 0.2) is 24.3 Å². The predicted octanol–water partition coefficient (Wildman–Crippen LogP) is 1.10. The summed E-state index contributed by atoms with van der Waals surface area (Å²) < 4.78 is 0. The quantitative estimate of drug-likeness (QED) is 0.559. The second-order valence-corrected chi connectivity index (χ2v) is 1.52. The molecule has 9 heavy (non-hydrogen) atoms. The standard InChI is InChI=1S/C6H6O2.V/c7-5-1-2-6(8)4-3-5;/h1-4,7-8H;. The van der Waals surface area contributed by atoms with Gasteiger partial charge >= 0.3 is 0 Å². The van der Waals surface area contributed by atoms with Crippen molar-refractivity contribution in [1.29, 1.82) is 0 Å². The third-order valence-electron chi connectivity index (χ3n) is 0.850. The minimum Gasteiger partial charge on any atom is -0.508 e. The molecule has 0 heterocycles. The minimum atomic E-state index is 0. The molecule has 2 nitrogen and oxygen atoms in total. The molecule has 0 amide bonds. The van der Waals surface area contributed by atoms with Crippen molar-refractivity contribution >= 4 is 0 Å². The number of hydrogen-bond acceptors (Lipinski definition) is 2. The molecule has 1 aromatic carbocycles. The predicted molar refractivity (Wildman–Crippen MR) is 29.8 cm³/mol. The van der Waals surface area contributed by atoms with Gasteiger partial charge in [0.25, 0.3) is 0 Å². The van der Waals surface area contributed by atoms with Crippen LogP contribution in [-0.4, -0.2) is 10.2 Å². The summed E-state index contributed by atoms with van der Waals surface area (Å²) in [7, 11) is 0. The van der Waals surface area contributed by atoms with E-state index in [1.807, 2.05) is 0 Å². The maximum absolute atomic E-state index is 8.65. The first-order valence-electron chi connectivity index (χ1n) is 2.27. The first-order valence-corrected chi connectivity index (χ1v) is 2.27. The van der Waals surface area contributed by atoms with Gasteiger partial charge in [0.1, 0.15) is 11.5 Å². The Bertz CT molecular complexity index is 150. The van der Waals surface area contributed by atoms with Gasteiger partial charge in [-0.25, -0.2) is 0 Å². The molecule has 0 atom stereocenters. The van der Waals surface area contributed by atoms with Gasteiger partial charge in [-0.05, 0) is 24.3 Å². The molecule has 0 saturated carbocycles. The molecule has 0 unspecified atom stereocenters. The average molecular weight is 161 g/mol. The number of rotatable bonds is 0. The molecule has 0 aliphatic heterocycles. The van der Waals surface area contributed by atoms with Crippen LogP contribution < -0.4 is 0 Å². The van der Waals surface area contributed by atoms with E-state index in [-0.39, 0.29) is 30.1 Å². The Hall–Kier alpha value is -0.596. The van der Waals surface area contributed by atoms with Crippen LogP contribution in [0.2, 0.25) is 0 Å². The summed E-state index contributed by atoms with van der Waals surface area (Å²) in [4.78, 5) is 0. The first-order chi connectivity index (χ1) is 3.79. The van der Waals surface area contributed by atoms with Crippen LogP contribution in [0.25, 0.3) is 0 Å². The zero-order valence-electron chi connectivity index (χ0n) is 4.65. The van der Waals surface area contributed by atoms with Crippen LogP contribution in [0.5, 0.6) is 11.5 Å². The van der Waals surface area contributed by atoms with E-state index < -0.39 is 0 Å².